The minimum atomic E-state index is -0.963. The number of aromatic nitrogens is 3. The molecule has 0 aromatic carbocycles. The van der Waals surface area contributed by atoms with Gasteiger partial charge in [-0.15, -0.1) is 5.10 Å². The first kappa shape index (κ1) is 9.37. The summed E-state index contributed by atoms with van der Waals surface area (Å²) in [5, 5.41) is 15.6. The molecule has 0 aliphatic heterocycles. The van der Waals surface area contributed by atoms with E-state index in [1.807, 2.05) is 0 Å². The molecule has 0 radical (unpaired) electrons. The number of hydrogen-bond acceptors (Lipinski definition) is 4. The third-order valence-corrected chi connectivity index (χ3v) is 1.30. The number of rotatable bonds is 4. The van der Waals surface area contributed by atoms with Crippen LogP contribution in [0.15, 0.2) is 6.20 Å². The smallest absolute Gasteiger partial charge is 0.309 e. The van der Waals surface area contributed by atoms with Crippen LogP contribution in [-0.2, 0) is 22.6 Å². The van der Waals surface area contributed by atoms with Crippen LogP contribution in [0.5, 0.6) is 0 Å². The second kappa shape index (κ2) is 3.79. The molecular weight excluding hydrogens is 174 g/mol. The molecule has 6 heteroatoms. The number of nitrogens with zero attached hydrogens (tertiary/aromatic N) is 3. The number of hydrogen-bond donors (Lipinski definition) is 1. The van der Waals surface area contributed by atoms with E-state index in [2.05, 4.69) is 10.3 Å². The summed E-state index contributed by atoms with van der Waals surface area (Å²) in [7, 11) is 0. The van der Waals surface area contributed by atoms with Gasteiger partial charge in [0.15, 0.2) is 5.78 Å². The van der Waals surface area contributed by atoms with Gasteiger partial charge in [0.05, 0.1) is 12.1 Å². The Balaban J connectivity index is 2.63. The van der Waals surface area contributed by atoms with Crippen molar-refractivity contribution in [3.63, 3.8) is 0 Å². The largest absolute Gasteiger partial charge is 0.481 e. The molecule has 0 spiro atoms. The van der Waals surface area contributed by atoms with Gasteiger partial charge in [-0.3, -0.25) is 9.59 Å². The lowest BCUT2D eigenvalue weighted by atomic mass is 10.3. The Kier molecular flexibility index (Phi) is 2.73. The van der Waals surface area contributed by atoms with Crippen molar-refractivity contribution in [3.8, 4) is 0 Å². The van der Waals surface area contributed by atoms with Gasteiger partial charge >= 0.3 is 5.97 Å². The van der Waals surface area contributed by atoms with Crippen molar-refractivity contribution in [1.29, 1.82) is 0 Å². The van der Waals surface area contributed by atoms with Crippen LogP contribution in [0.3, 0.4) is 0 Å². The first-order chi connectivity index (χ1) is 6.08. The standard InChI is InChI=1S/C7H9N3O3/c1-5(11)3-10-4-6(8-9-10)2-7(12)13/h4H,2-3H2,1H3,(H,12,13). The maximum atomic E-state index is 10.6. The lowest BCUT2D eigenvalue weighted by Crippen LogP contribution is -2.06. The van der Waals surface area contributed by atoms with Gasteiger partial charge in [-0.05, 0) is 6.92 Å². The summed E-state index contributed by atoms with van der Waals surface area (Å²) < 4.78 is 1.32. The van der Waals surface area contributed by atoms with Gasteiger partial charge in [-0.1, -0.05) is 5.21 Å². The maximum absolute atomic E-state index is 10.6. The van der Waals surface area contributed by atoms with Gasteiger partial charge in [-0.2, -0.15) is 0 Å². The minimum Gasteiger partial charge on any atom is -0.481 e. The Labute approximate surface area is 74.2 Å². The van der Waals surface area contributed by atoms with E-state index in [4.69, 9.17) is 5.11 Å². The van der Waals surface area contributed by atoms with E-state index >= 15 is 0 Å². The van der Waals surface area contributed by atoms with Crippen LogP contribution >= 0.6 is 0 Å². The molecule has 1 N–H and O–H groups in total. The lowest BCUT2D eigenvalue weighted by Gasteiger charge is -1.91. The number of Topliss-reactive ketones (excluding diaryl/α,β-unsaturated/α-hetero) is 1. The van der Waals surface area contributed by atoms with Crippen LogP contribution < -0.4 is 0 Å². The highest BCUT2D eigenvalue weighted by Gasteiger charge is 2.05. The number of carbonyl (C=O) groups is 2. The molecule has 1 aromatic heterocycles. The second-order valence-electron chi connectivity index (χ2n) is 2.68. The zero-order valence-corrected chi connectivity index (χ0v) is 7.10. The first-order valence-corrected chi connectivity index (χ1v) is 3.68. The summed E-state index contributed by atoms with van der Waals surface area (Å²) >= 11 is 0. The van der Waals surface area contributed by atoms with E-state index in [1.54, 1.807) is 0 Å². The quantitative estimate of drug-likeness (QED) is 0.679. The molecule has 0 bridgehead atoms. The lowest BCUT2D eigenvalue weighted by molar-refractivity contribution is -0.136. The molecule has 0 saturated carbocycles. The van der Waals surface area contributed by atoms with E-state index < -0.39 is 5.97 Å². The predicted octanol–water partition coefficient (Wildman–Crippen LogP) is -0.506. The van der Waals surface area contributed by atoms with Crippen LogP contribution in [0.2, 0.25) is 0 Å². The molecule has 13 heavy (non-hydrogen) atoms. The number of carbonyl (C=O) groups excluding carboxylic acids is 1. The molecule has 6 nitrogen and oxygen atoms in total. The molecule has 0 unspecified atom stereocenters. The highest BCUT2D eigenvalue weighted by molar-refractivity contribution is 5.75. The number of ketones is 1. The molecule has 0 aliphatic carbocycles. The highest BCUT2D eigenvalue weighted by atomic mass is 16.4. The third kappa shape index (κ3) is 3.02. The Morgan fingerprint density at radius 2 is 2.31 bits per heavy atom. The average molecular weight is 183 g/mol. The Hall–Kier alpha value is -1.72. The van der Waals surface area contributed by atoms with Crippen LogP contribution in [-0.4, -0.2) is 31.9 Å². The highest BCUT2D eigenvalue weighted by Crippen LogP contribution is 1.94. The normalized spacial score (nSPS) is 9.92. The molecule has 0 fully saturated rings. The molecular formula is C7H9N3O3. The van der Waals surface area contributed by atoms with Crippen molar-refractivity contribution in [2.24, 2.45) is 0 Å². The summed E-state index contributed by atoms with van der Waals surface area (Å²) in [4.78, 5) is 20.9. The molecule has 1 rings (SSSR count). The first-order valence-electron chi connectivity index (χ1n) is 3.68. The average Bonchev–Trinajstić information content (AvgIpc) is 2.33. The van der Waals surface area contributed by atoms with Crippen LogP contribution in [0.25, 0.3) is 0 Å². The third-order valence-electron chi connectivity index (χ3n) is 1.30. The molecule has 0 amide bonds. The second-order valence-corrected chi connectivity index (χ2v) is 2.68. The molecule has 0 saturated heterocycles. The van der Waals surface area contributed by atoms with Gasteiger partial charge in [0.25, 0.3) is 0 Å². The number of carboxylic acids is 1. The fourth-order valence-electron chi connectivity index (χ4n) is 0.880. The molecule has 70 valence electrons. The molecule has 0 aliphatic rings. The van der Waals surface area contributed by atoms with Crippen molar-refractivity contribution in [2.45, 2.75) is 19.9 Å². The summed E-state index contributed by atoms with van der Waals surface area (Å²) in [6, 6.07) is 0. The van der Waals surface area contributed by atoms with E-state index in [0.717, 1.165) is 0 Å². The Morgan fingerprint density at radius 3 is 2.85 bits per heavy atom. The summed E-state index contributed by atoms with van der Waals surface area (Å²) in [6.45, 7) is 1.56. The molecule has 0 atom stereocenters. The van der Waals surface area contributed by atoms with Gasteiger partial charge in [0.1, 0.15) is 6.54 Å². The van der Waals surface area contributed by atoms with Crippen molar-refractivity contribution in [2.75, 3.05) is 0 Å². The zero-order chi connectivity index (χ0) is 9.84. The summed E-state index contributed by atoms with van der Waals surface area (Å²) in [5.41, 5.74) is 0.355. The number of aliphatic carboxylic acids is 1. The fourth-order valence-corrected chi connectivity index (χ4v) is 0.880. The van der Waals surface area contributed by atoms with E-state index in [0.29, 0.717) is 5.69 Å². The number of carboxylic acid groups (broad SMARTS) is 1. The summed E-state index contributed by atoms with van der Waals surface area (Å²) in [6.07, 6.45) is 1.29. The van der Waals surface area contributed by atoms with Gasteiger partial charge in [0, 0.05) is 6.20 Å². The monoisotopic (exact) mass is 183 g/mol. The zero-order valence-electron chi connectivity index (χ0n) is 7.10. The van der Waals surface area contributed by atoms with Crippen LogP contribution in [0, 0.1) is 0 Å². The van der Waals surface area contributed by atoms with Crippen molar-refractivity contribution in [1.82, 2.24) is 15.0 Å². The Bertz CT molecular complexity index is 301. The van der Waals surface area contributed by atoms with Crippen LogP contribution in [0.1, 0.15) is 12.6 Å². The van der Waals surface area contributed by atoms with E-state index in [1.165, 1.54) is 17.8 Å². The van der Waals surface area contributed by atoms with Crippen molar-refractivity contribution >= 4 is 11.8 Å². The maximum Gasteiger partial charge on any atom is 0.309 e. The SMILES string of the molecule is CC(=O)Cn1cc(CC(=O)O)nn1. The van der Waals surface area contributed by atoms with Crippen molar-refractivity contribution < 1.29 is 14.7 Å². The van der Waals surface area contributed by atoms with Crippen molar-refractivity contribution in [3.05, 3.63) is 11.9 Å². The van der Waals surface area contributed by atoms with Gasteiger partial charge in [0.2, 0.25) is 0 Å². The van der Waals surface area contributed by atoms with Gasteiger partial charge in [-0.25, -0.2) is 4.68 Å². The Morgan fingerprint density at radius 1 is 1.62 bits per heavy atom. The molecule has 1 heterocycles. The topological polar surface area (TPSA) is 85.1 Å². The summed E-state index contributed by atoms with van der Waals surface area (Å²) in [5.74, 6) is -1.01. The van der Waals surface area contributed by atoms with E-state index in [-0.39, 0.29) is 18.7 Å². The predicted molar refractivity (Wildman–Crippen MR) is 42.0 cm³/mol. The fraction of sp³-hybridized carbons (Fsp3) is 0.429. The minimum absolute atomic E-state index is 0.0493. The van der Waals surface area contributed by atoms with Gasteiger partial charge < -0.3 is 5.11 Å². The molecule has 1 aromatic rings. The van der Waals surface area contributed by atoms with Crippen LogP contribution in [0.4, 0.5) is 0 Å². The van der Waals surface area contributed by atoms with E-state index in [9.17, 15) is 9.59 Å².